The number of carbonyl (C=O) groups excluding carboxylic acids is 1. The van der Waals surface area contributed by atoms with Crippen molar-refractivity contribution in [2.45, 2.75) is 0 Å². The van der Waals surface area contributed by atoms with Crippen molar-refractivity contribution in [2.24, 2.45) is 7.05 Å². The molecule has 0 aliphatic carbocycles. The number of nitrogens with zero attached hydrogens (tertiary/aromatic N) is 3. The Morgan fingerprint density at radius 2 is 2.09 bits per heavy atom. The molecule has 0 radical (unpaired) electrons. The van der Waals surface area contributed by atoms with E-state index in [0.717, 1.165) is 27.6 Å². The van der Waals surface area contributed by atoms with Gasteiger partial charge in [0.25, 0.3) is 0 Å². The van der Waals surface area contributed by atoms with Crippen LogP contribution in [0.1, 0.15) is 5.56 Å². The lowest BCUT2D eigenvalue weighted by molar-refractivity contribution is -0.134. The molecule has 5 heteroatoms. The highest BCUT2D eigenvalue weighted by Gasteiger charge is 2.03. The third-order valence-electron chi connectivity index (χ3n) is 3.36. The maximum Gasteiger partial charge on any atom is 0.330 e. The summed E-state index contributed by atoms with van der Waals surface area (Å²) in [6, 6.07) is 7.90. The summed E-state index contributed by atoms with van der Waals surface area (Å²) in [6.45, 7) is 0. The smallest absolute Gasteiger partial charge is 0.330 e. The molecule has 3 aromatic rings. The summed E-state index contributed by atoms with van der Waals surface area (Å²) in [4.78, 5) is 15.6. The normalized spacial score (nSPS) is 11.2. The molecule has 0 N–H and O–H groups in total. The molecule has 0 saturated heterocycles. The van der Waals surface area contributed by atoms with E-state index in [4.69, 9.17) is 0 Å². The van der Waals surface area contributed by atoms with Gasteiger partial charge in [0.05, 0.1) is 18.8 Å². The van der Waals surface area contributed by atoms with Gasteiger partial charge in [-0.25, -0.2) is 4.79 Å². The molecule has 1 aromatic carbocycles. The summed E-state index contributed by atoms with van der Waals surface area (Å²) >= 11 is 0. The van der Waals surface area contributed by atoms with Crippen molar-refractivity contribution >= 4 is 22.9 Å². The van der Waals surface area contributed by atoms with E-state index >= 15 is 0 Å². The first-order valence-corrected chi connectivity index (χ1v) is 6.80. The zero-order valence-electron chi connectivity index (χ0n) is 12.4. The van der Waals surface area contributed by atoms with E-state index in [1.54, 1.807) is 10.8 Å². The second-order valence-corrected chi connectivity index (χ2v) is 4.94. The number of fused-ring (bicyclic) bond motifs is 1. The average Bonchev–Trinajstić information content (AvgIpc) is 2.98. The lowest BCUT2D eigenvalue weighted by Crippen LogP contribution is -1.93. The number of methoxy groups -OCH3 is 1. The molecule has 0 fully saturated rings. The quantitative estimate of drug-likeness (QED) is 0.550. The SMILES string of the molecule is COC(=O)/C=C/c1ccc2ncc(-c3cnn(C)c3)cc2c1. The molecule has 0 spiro atoms. The predicted octanol–water partition coefficient (Wildman–Crippen LogP) is 2.82. The Labute approximate surface area is 127 Å². The van der Waals surface area contributed by atoms with Crippen molar-refractivity contribution in [3.05, 3.63) is 54.5 Å². The van der Waals surface area contributed by atoms with Crippen LogP contribution < -0.4 is 0 Å². The summed E-state index contributed by atoms with van der Waals surface area (Å²) in [5.74, 6) is -0.373. The number of pyridine rings is 1. The molecule has 0 atom stereocenters. The molecule has 5 nitrogen and oxygen atoms in total. The van der Waals surface area contributed by atoms with Crippen LogP contribution >= 0.6 is 0 Å². The van der Waals surface area contributed by atoms with Gasteiger partial charge >= 0.3 is 5.97 Å². The number of rotatable bonds is 3. The zero-order chi connectivity index (χ0) is 15.5. The average molecular weight is 293 g/mol. The van der Waals surface area contributed by atoms with Gasteiger partial charge in [-0.2, -0.15) is 5.10 Å². The maximum atomic E-state index is 11.2. The fraction of sp³-hybridized carbons (Fsp3) is 0.118. The second kappa shape index (κ2) is 5.81. The fourth-order valence-electron chi connectivity index (χ4n) is 2.21. The molecule has 3 rings (SSSR count). The van der Waals surface area contributed by atoms with Crippen molar-refractivity contribution in [3.8, 4) is 11.1 Å². The van der Waals surface area contributed by atoms with Gasteiger partial charge in [0.15, 0.2) is 0 Å². The van der Waals surface area contributed by atoms with Crippen LogP contribution in [0, 0.1) is 0 Å². The third-order valence-corrected chi connectivity index (χ3v) is 3.36. The van der Waals surface area contributed by atoms with Crippen LogP contribution in [0.2, 0.25) is 0 Å². The second-order valence-electron chi connectivity index (χ2n) is 4.94. The van der Waals surface area contributed by atoms with Crippen molar-refractivity contribution in [1.29, 1.82) is 0 Å². The Hall–Kier alpha value is -2.95. The molecule has 0 unspecified atom stereocenters. The van der Waals surface area contributed by atoms with Gasteiger partial charge in [0.1, 0.15) is 0 Å². The van der Waals surface area contributed by atoms with Crippen LogP contribution in [0.5, 0.6) is 0 Å². The van der Waals surface area contributed by atoms with Crippen molar-refractivity contribution in [2.75, 3.05) is 7.11 Å². The predicted molar refractivity (Wildman–Crippen MR) is 85.0 cm³/mol. The number of aryl methyl sites for hydroxylation is 1. The Morgan fingerprint density at radius 1 is 1.23 bits per heavy atom. The number of aromatic nitrogens is 3. The summed E-state index contributed by atoms with van der Waals surface area (Å²) in [5, 5.41) is 5.18. The lowest BCUT2D eigenvalue weighted by atomic mass is 10.1. The minimum absolute atomic E-state index is 0.373. The molecule has 0 aliphatic rings. The number of carbonyl (C=O) groups is 1. The molecule has 0 bridgehead atoms. The standard InChI is InChI=1S/C17H15N3O2/c1-20-11-15(10-19-20)14-8-13-7-12(4-6-17(21)22-2)3-5-16(13)18-9-14/h3-11H,1-2H3/b6-4+. The lowest BCUT2D eigenvalue weighted by Gasteiger charge is -2.02. The van der Waals surface area contributed by atoms with Crippen LogP contribution in [0.15, 0.2) is 48.9 Å². The van der Waals surface area contributed by atoms with Gasteiger partial charge in [-0.3, -0.25) is 9.67 Å². The van der Waals surface area contributed by atoms with E-state index in [1.807, 2.05) is 43.8 Å². The van der Waals surface area contributed by atoms with Gasteiger partial charge in [-0.05, 0) is 29.8 Å². The summed E-state index contributed by atoms with van der Waals surface area (Å²) in [6.07, 6.45) is 8.72. The first-order chi connectivity index (χ1) is 10.7. The van der Waals surface area contributed by atoms with Crippen LogP contribution in [-0.4, -0.2) is 27.8 Å². The molecule has 2 heterocycles. The molecule has 2 aromatic heterocycles. The highest BCUT2D eigenvalue weighted by molar-refractivity contribution is 5.89. The van der Waals surface area contributed by atoms with Crippen LogP contribution in [-0.2, 0) is 16.6 Å². The molecule has 22 heavy (non-hydrogen) atoms. The molecule has 110 valence electrons. The topological polar surface area (TPSA) is 57.0 Å². The summed E-state index contributed by atoms with van der Waals surface area (Å²) < 4.78 is 6.35. The molecular weight excluding hydrogens is 278 g/mol. The number of benzene rings is 1. The van der Waals surface area contributed by atoms with Crippen LogP contribution in [0.3, 0.4) is 0 Å². The number of hydrogen-bond donors (Lipinski definition) is 0. The Balaban J connectivity index is 1.99. The van der Waals surface area contributed by atoms with E-state index in [9.17, 15) is 4.79 Å². The van der Waals surface area contributed by atoms with E-state index in [-0.39, 0.29) is 5.97 Å². The van der Waals surface area contributed by atoms with Gasteiger partial charge in [0.2, 0.25) is 0 Å². The first-order valence-electron chi connectivity index (χ1n) is 6.80. The van der Waals surface area contributed by atoms with Crippen molar-refractivity contribution < 1.29 is 9.53 Å². The summed E-state index contributed by atoms with van der Waals surface area (Å²) in [7, 11) is 3.24. The van der Waals surface area contributed by atoms with Crippen LogP contribution in [0.25, 0.3) is 28.1 Å². The summed E-state index contributed by atoms with van der Waals surface area (Å²) in [5.41, 5.74) is 3.85. The highest BCUT2D eigenvalue weighted by atomic mass is 16.5. The number of hydrogen-bond acceptors (Lipinski definition) is 4. The van der Waals surface area contributed by atoms with E-state index in [1.165, 1.54) is 13.2 Å². The molecular formula is C17H15N3O2. The van der Waals surface area contributed by atoms with Gasteiger partial charge in [-0.1, -0.05) is 6.07 Å². The molecule has 0 aliphatic heterocycles. The fourth-order valence-corrected chi connectivity index (χ4v) is 2.21. The zero-order valence-corrected chi connectivity index (χ0v) is 12.4. The van der Waals surface area contributed by atoms with Crippen LogP contribution in [0.4, 0.5) is 0 Å². The van der Waals surface area contributed by atoms with Gasteiger partial charge < -0.3 is 4.74 Å². The highest BCUT2D eigenvalue weighted by Crippen LogP contribution is 2.23. The first kappa shape index (κ1) is 14.0. The monoisotopic (exact) mass is 293 g/mol. The van der Waals surface area contributed by atoms with E-state index < -0.39 is 0 Å². The van der Waals surface area contributed by atoms with E-state index in [2.05, 4.69) is 20.9 Å². The number of esters is 1. The Kier molecular flexibility index (Phi) is 3.70. The molecule has 0 saturated carbocycles. The minimum Gasteiger partial charge on any atom is -0.466 e. The maximum absolute atomic E-state index is 11.2. The van der Waals surface area contributed by atoms with E-state index in [0.29, 0.717) is 0 Å². The van der Waals surface area contributed by atoms with Crippen molar-refractivity contribution in [3.63, 3.8) is 0 Å². The number of ether oxygens (including phenoxy) is 1. The Bertz CT molecular complexity index is 865. The Morgan fingerprint density at radius 3 is 2.82 bits per heavy atom. The minimum atomic E-state index is -0.373. The molecule has 0 amide bonds. The van der Waals surface area contributed by atoms with Gasteiger partial charge in [0, 0.05) is 42.0 Å². The third kappa shape index (κ3) is 2.88. The van der Waals surface area contributed by atoms with Gasteiger partial charge in [-0.15, -0.1) is 0 Å². The largest absolute Gasteiger partial charge is 0.466 e. The van der Waals surface area contributed by atoms with Crippen molar-refractivity contribution in [1.82, 2.24) is 14.8 Å².